The van der Waals surface area contributed by atoms with Gasteiger partial charge in [0.15, 0.2) is 11.5 Å². The Bertz CT molecular complexity index is 629. The third kappa shape index (κ3) is 5.55. The van der Waals surface area contributed by atoms with E-state index in [1.165, 1.54) is 44.1 Å². The van der Waals surface area contributed by atoms with Gasteiger partial charge in [-0.1, -0.05) is 78.0 Å². The van der Waals surface area contributed by atoms with Crippen molar-refractivity contribution in [3.05, 3.63) is 35.4 Å². The molecule has 0 aliphatic rings. The molecule has 0 amide bonds. The van der Waals surface area contributed by atoms with Crippen LogP contribution >= 0.6 is 0 Å². The summed E-state index contributed by atoms with van der Waals surface area (Å²) in [7, 11) is 0. The van der Waals surface area contributed by atoms with Crippen molar-refractivity contribution in [3.8, 4) is 11.5 Å². The minimum atomic E-state index is -0.0402. The van der Waals surface area contributed by atoms with Gasteiger partial charge in [-0.2, -0.15) is 0 Å². The fourth-order valence-electron chi connectivity index (χ4n) is 5.28. The summed E-state index contributed by atoms with van der Waals surface area (Å²) >= 11 is 0. The van der Waals surface area contributed by atoms with Gasteiger partial charge in [0.1, 0.15) is 0 Å². The van der Waals surface area contributed by atoms with E-state index in [2.05, 4.69) is 54.5 Å². The topological polar surface area (TPSA) is 40.5 Å². The number of hydrogen-bond acceptors (Lipinski definition) is 2. The summed E-state index contributed by atoms with van der Waals surface area (Å²) in [6.45, 7) is 16.1. The van der Waals surface area contributed by atoms with E-state index in [1.807, 2.05) is 6.07 Å². The largest absolute Gasteiger partial charge is 0.504 e. The summed E-state index contributed by atoms with van der Waals surface area (Å²) in [6, 6.07) is 5.40. The molecule has 3 unspecified atom stereocenters. The highest BCUT2D eigenvalue weighted by molar-refractivity contribution is 5.42. The number of hydrogen-bond donors (Lipinski definition) is 2. The number of rotatable bonds is 12. The van der Waals surface area contributed by atoms with Crippen LogP contribution in [0.2, 0.25) is 0 Å². The van der Waals surface area contributed by atoms with E-state index in [9.17, 15) is 10.2 Å². The minimum Gasteiger partial charge on any atom is -0.504 e. The Morgan fingerprint density at radius 3 is 2.18 bits per heavy atom. The summed E-state index contributed by atoms with van der Waals surface area (Å²) < 4.78 is 0. The van der Waals surface area contributed by atoms with Crippen molar-refractivity contribution < 1.29 is 10.2 Å². The molecule has 2 N–H and O–H groups in total. The van der Waals surface area contributed by atoms with Crippen LogP contribution in [0.25, 0.3) is 0 Å². The molecular formula is C26H44O2. The molecule has 0 heterocycles. The van der Waals surface area contributed by atoms with Crippen LogP contribution < -0.4 is 0 Å². The lowest BCUT2D eigenvalue weighted by Crippen LogP contribution is -2.43. The highest BCUT2D eigenvalue weighted by Crippen LogP contribution is 2.59. The molecule has 0 aliphatic heterocycles. The number of benzene rings is 1. The van der Waals surface area contributed by atoms with E-state index >= 15 is 0 Å². The molecule has 0 aromatic heterocycles. The summed E-state index contributed by atoms with van der Waals surface area (Å²) in [6.07, 6.45) is 12.0. The van der Waals surface area contributed by atoms with Crippen molar-refractivity contribution in [2.75, 3.05) is 0 Å². The van der Waals surface area contributed by atoms with Gasteiger partial charge in [-0.15, -0.1) is 0 Å². The highest BCUT2D eigenvalue weighted by atomic mass is 16.3. The Balaban J connectivity index is 3.50. The van der Waals surface area contributed by atoms with Crippen LogP contribution in [-0.4, -0.2) is 10.2 Å². The Morgan fingerprint density at radius 2 is 1.68 bits per heavy atom. The first-order chi connectivity index (χ1) is 13.2. The molecule has 0 radical (unpaired) electrons. The number of unbranched alkanes of at least 4 members (excludes halogenated alkanes) is 2. The van der Waals surface area contributed by atoms with Gasteiger partial charge in [-0.25, -0.2) is 0 Å². The molecule has 28 heavy (non-hydrogen) atoms. The second kappa shape index (κ2) is 10.9. The Labute approximate surface area is 174 Å². The van der Waals surface area contributed by atoms with E-state index in [1.54, 1.807) is 12.1 Å². The maximum absolute atomic E-state index is 10.1. The molecule has 0 bridgehead atoms. The van der Waals surface area contributed by atoms with Crippen molar-refractivity contribution >= 4 is 0 Å². The zero-order valence-electron chi connectivity index (χ0n) is 19.4. The van der Waals surface area contributed by atoms with Crippen LogP contribution in [0.15, 0.2) is 29.8 Å². The Kier molecular flexibility index (Phi) is 9.60. The summed E-state index contributed by atoms with van der Waals surface area (Å²) in [5.74, 6) is 0.235. The Hall–Kier alpha value is -1.44. The van der Waals surface area contributed by atoms with E-state index in [4.69, 9.17) is 0 Å². The molecule has 0 spiro atoms. The average Bonchev–Trinajstić information content (AvgIpc) is 2.64. The van der Waals surface area contributed by atoms with Crippen LogP contribution in [0.4, 0.5) is 0 Å². The molecule has 1 aromatic rings. The maximum Gasteiger partial charge on any atom is 0.157 e. The first kappa shape index (κ1) is 24.6. The normalized spacial score (nSPS) is 16.8. The first-order valence-electron chi connectivity index (χ1n) is 11.3. The van der Waals surface area contributed by atoms with E-state index < -0.39 is 0 Å². The maximum atomic E-state index is 10.1. The SMILES string of the molecule is CCCCCC(C)(CCC)C(CC)(CC=C(C)C)C(C)c1ccc(O)c(O)c1. The third-order valence-corrected chi connectivity index (χ3v) is 7.17. The van der Waals surface area contributed by atoms with Crippen molar-refractivity contribution in [3.63, 3.8) is 0 Å². The highest BCUT2D eigenvalue weighted by Gasteiger charge is 2.48. The van der Waals surface area contributed by atoms with Gasteiger partial charge in [-0.05, 0) is 74.0 Å². The van der Waals surface area contributed by atoms with Crippen molar-refractivity contribution in [2.45, 2.75) is 106 Å². The van der Waals surface area contributed by atoms with Gasteiger partial charge < -0.3 is 10.2 Å². The predicted molar refractivity (Wildman–Crippen MR) is 122 cm³/mol. The number of allylic oxidation sites excluding steroid dienone is 2. The molecule has 0 aliphatic carbocycles. The predicted octanol–water partition coefficient (Wildman–Crippen LogP) is 8.34. The van der Waals surface area contributed by atoms with Gasteiger partial charge in [0.2, 0.25) is 0 Å². The average molecular weight is 389 g/mol. The lowest BCUT2D eigenvalue weighted by Gasteiger charge is -2.53. The standard InChI is InChI=1S/C26H44O2/c1-8-11-12-17-25(7,16-9-2)26(10-3,18-15-20(4)5)21(6)22-13-14-23(27)24(28)19-22/h13-15,19,21,27-28H,8-12,16-18H2,1-7H3. The second-order valence-electron chi connectivity index (χ2n) is 9.23. The van der Waals surface area contributed by atoms with Crippen molar-refractivity contribution in [1.82, 2.24) is 0 Å². The third-order valence-electron chi connectivity index (χ3n) is 7.17. The van der Waals surface area contributed by atoms with Crippen molar-refractivity contribution in [2.24, 2.45) is 10.8 Å². The van der Waals surface area contributed by atoms with E-state index in [-0.39, 0.29) is 28.2 Å². The summed E-state index contributed by atoms with van der Waals surface area (Å²) in [5.41, 5.74) is 2.82. The van der Waals surface area contributed by atoms with Crippen LogP contribution in [0.1, 0.15) is 111 Å². The molecule has 2 nitrogen and oxygen atoms in total. The van der Waals surface area contributed by atoms with Crippen LogP contribution in [0, 0.1) is 10.8 Å². The molecule has 0 saturated heterocycles. The summed E-state index contributed by atoms with van der Waals surface area (Å²) in [4.78, 5) is 0. The molecule has 160 valence electrons. The lowest BCUT2D eigenvalue weighted by atomic mass is 9.51. The quantitative estimate of drug-likeness (QED) is 0.214. The van der Waals surface area contributed by atoms with Gasteiger partial charge in [0, 0.05) is 0 Å². The van der Waals surface area contributed by atoms with Gasteiger partial charge in [0.25, 0.3) is 0 Å². The van der Waals surface area contributed by atoms with Crippen LogP contribution in [0.3, 0.4) is 0 Å². The van der Waals surface area contributed by atoms with E-state index in [0.29, 0.717) is 0 Å². The second-order valence-corrected chi connectivity index (χ2v) is 9.23. The molecule has 2 heteroatoms. The fourth-order valence-corrected chi connectivity index (χ4v) is 5.28. The lowest BCUT2D eigenvalue weighted by molar-refractivity contribution is 0.00297. The number of aromatic hydroxyl groups is 2. The zero-order valence-corrected chi connectivity index (χ0v) is 19.4. The Morgan fingerprint density at radius 1 is 1.00 bits per heavy atom. The summed E-state index contributed by atoms with van der Waals surface area (Å²) in [5, 5.41) is 19.9. The zero-order chi connectivity index (χ0) is 21.4. The van der Waals surface area contributed by atoms with Crippen LogP contribution in [-0.2, 0) is 0 Å². The molecule has 3 atom stereocenters. The van der Waals surface area contributed by atoms with Gasteiger partial charge in [0.05, 0.1) is 0 Å². The number of phenolic OH excluding ortho intramolecular Hbond substituents is 2. The monoisotopic (exact) mass is 388 g/mol. The first-order valence-corrected chi connectivity index (χ1v) is 11.3. The van der Waals surface area contributed by atoms with Crippen LogP contribution in [0.5, 0.6) is 11.5 Å². The molecule has 0 saturated carbocycles. The molecule has 1 aromatic carbocycles. The molecular weight excluding hydrogens is 344 g/mol. The van der Waals surface area contributed by atoms with E-state index in [0.717, 1.165) is 18.4 Å². The fraction of sp³-hybridized carbons (Fsp3) is 0.692. The smallest absolute Gasteiger partial charge is 0.157 e. The molecule has 0 fully saturated rings. The molecule has 1 rings (SSSR count). The van der Waals surface area contributed by atoms with Gasteiger partial charge >= 0.3 is 0 Å². The van der Waals surface area contributed by atoms with Crippen molar-refractivity contribution in [1.29, 1.82) is 0 Å². The minimum absolute atomic E-state index is 0.0141. The van der Waals surface area contributed by atoms with Gasteiger partial charge in [-0.3, -0.25) is 0 Å². The number of phenols is 2.